The van der Waals surface area contributed by atoms with E-state index in [9.17, 15) is 19.2 Å². The molecule has 0 spiro atoms. The van der Waals surface area contributed by atoms with Crippen molar-refractivity contribution in [1.29, 1.82) is 0 Å². The van der Waals surface area contributed by atoms with Gasteiger partial charge in [-0.1, -0.05) is 0 Å². The van der Waals surface area contributed by atoms with E-state index < -0.39 is 43.0 Å². The first kappa shape index (κ1) is 40.7. The molecule has 0 atom stereocenters. The van der Waals surface area contributed by atoms with Crippen molar-refractivity contribution in [3.05, 3.63) is 81.8 Å². The maximum absolute atomic E-state index is 13.2. The van der Waals surface area contributed by atoms with Crippen LogP contribution in [0, 0.1) is 0 Å². The molecule has 0 aliphatic heterocycles. The van der Waals surface area contributed by atoms with Crippen molar-refractivity contribution in [1.82, 2.24) is 0 Å². The molecule has 0 fully saturated rings. The van der Waals surface area contributed by atoms with Gasteiger partial charge in [0.15, 0.2) is 0 Å². The van der Waals surface area contributed by atoms with Crippen LogP contribution in [-0.4, -0.2) is 43.0 Å². The van der Waals surface area contributed by atoms with Crippen LogP contribution in [0.2, 0.25) is 8.87 Å². The first-order valence-electron chi connectivity index (χ1n) is 16.6. The Morgan fingerprint density at radius 1 is 0.553 bits per heavy atom. The molecular formula is C36H48Br2N2O6Sn. The second-order valence-corrected chi connectivity index (χ2v) is 22.5. The van der Waals surface area contributed by atoms with Gasteiger partial charge >= 0.3 is 304 Å². The van der Waals surface area contributed by atoms with E-state index in [-0.39, 0.29) is 0 Å². The Bertz CT molecular complexity index is 1210. The van der Waals surface area contributed by atoms with Crippen molar-refractivity contribution < 1.29 is 25.3 Å². The van der Waals surface area contributed by atoms with Crippen molar-refractivity contribution in [3.8, 4) is 0 Å². The zero-order chi connectivity index (χ0) is 34.3. The molecule has 0 saturated carbocycles. The summed E-state index contributed by atoms with van der Waals surface area (Å²) in [6.45, 7) is 4.33. The minimum atomic E-state index is -4.41. The van der Waals surface area contributed by atoms with Crippen LogP contribution in [-0.2, 0) is 25.3 Å². The van der Waals surface area contributed by atoms with Crippen LogP contribution in [0.15, 0.2) is 81.8 Å². The number of rotatable bonds is 22. The van der Waals surface area contributed by atoms with E-state index in [1.54, 1.807) is 48.5 Å². The molecule has 0 unspecified atom stereocenters. The number of halogens is 2. The van der Waals surface area contributed by atoms with E-state index in [4.69, 9.17) is 6.15 Å². The normalized spacial score (nSPS) is 11.5. The zero-order valence-corrected chi connectivity index (χ0v) is 33.6. The van der Waals surface area contributed by atoms with Crippen LogP contribution in [0.25, 0.3) is 0 Å². The molecule has 0 heterocycles. The SMILES string of the molecule is CCCCCCC[CH2][Sn]([CH2]CCCCCCC)([O]C(=O)/C=C/C(=O)Nc1ccc(Br)cc1)[O]C(=O)/C=C/C(=O)Nc1ccc(Br)cc1. The van der Waals surface area contributed by atoms with Gasteiger partial charge in [0, 0.05) is 0 Å². The van der Waals surface area contributed by atoms with Gasteiger partial charge in [-0.2, -0.15) is 0 Å². The van der Waals surface area contributed by atoms with E-state index in [1.165, 1.54) is 0 Å². The number of hydrogen-bond acceptors (Lipinski definition) is 6. The van der Waals surface area contributed by atoms with Gasteiger partial charge in [-0.15, -0.1) is 0 Å². The van der Waals surface area contributed by atoms with Crippen LogP contribution in [0.1, 0.15) is 90.9 Å². The summed E-state index contributed by atoms with van der Waals surface area (Å²) in [7, 11) is 0. The first-order valence-corrected chi connectivity index (χ1v) is 24.5. The number of benzene rings is 2. The molecule has 47 heavy (non-hydrogen) atoms. The van der Waals surface area contributed by atoms with Gasteiger partial charge < -0.3 is 0 Å². The summed E-state index contributed by atoms with van der Waals surface area (Å²) in [5.74, 6) is -2.36. The molecule has 2 aromatic carbocycles. The van der Waals surface area contributed by atoms with E-state index in [0.717, 1.165) is 110 Å². The van der Waals surface area contributed by atoms with Crippen molar-refractivity contribution in [3.63, 3.8) is 0 Å². The van der Waals surface area contributed by atoms with Crippen LogP contribution in [0.3, 0.4) is 0 Å². The van der Waals surface area contributed by atoms with Crippen LogP contribution >= 0.6 is 31.9 Å². The van der Waals surface area contributed by atoms with Gasteiger partial charge in [-0.05, 0) is 0 Å². The van der Waals surface area contributed by atoms with Gasteiger partial charge in [-0.25, -0.2) is 0 Å². The van der Waals surface area contributed by atoms with Crippen molar-refractivity contribution in [2.45, 2.75) is 99.8 Å². The number of amides is 2. The fraction of sp³-hybridized carbons (Fsp3) is 0.444. The number of carbonyl (C=O) groups is 4. The van der Waals surface area contributed by atoms with E-state index in [2.05, 4.69) is 56.3 Å². The average Bonchev–Trinajstić information content (AvgIpc) is 3.04. The third kappa shape index (κ3) is 18.6. The molecule has 0 aromatic heterocycles. The molecule has 0 saturated heterocycles. The molecule has 0 radical (unpaired) electrons. The fourth-order valence-corrected chi connectivity index (χ4v) is 14.4. The van der Waals surface area contributed by atoms with Crippen LogP contribution in [0.4, 0.5) is 11.4 Å². The number of hydrogen-bond donors (Lipinski definition) is 2. The molecule has 2 N–H and O–H groups in total. The Morgan fingerprint density at radius 2 is 0.894 bits per heavy atom. The number of anilines is 2. The Labute approximate surface area is 301 Å². The van der Waals surface area contributed by atoms with Gasteiger partial charge in [0.1, 0.15) is 0 Å². The van der Waals surface area contributed by atoms with E-state index in [0.29, 0.717) is 20.2 Å². The molecule has 0 bridgehead atoms. The predicted molar refractivity (Wildman–Crippen MR) is 198 cm³/mol. The Hall–Kier alpha value is -2.44. The zero-order valence-electron chi connectivity index (χ0n) is 27.5. The van der Waals surface area contributed by atoms with E-state index >= 15 is 0 Å². The second-order valence-electron chi connectivity index (χ2n) is 11.4. The van der Waals surface area contributed by atoms with Crippen LogP contribution in [0.5, 0.6) is 0 Å². The van der Waals surface area contributed by atoms with Crippen molar-refractivity contribution in [2.24, 2.45) is 0 Å². The quantitative estimate of drug-likeness (QED) is 0.0692. The summed E-state index contributed by atoms with van der Waals surface area (Å²) in [4.78, 5) is 51.3. The Kier molecular flexibility index (Phi) is 20.6. The molecule has 256 valence electrons. The average molecular weight is 883 g/mol. The van der Waals surface area contributed by atoms with E-state index in [1.807, 2.05) is 0 Å². The molecule has 2 amide bonds. The standard InChI is InChI=1S/2C10H8BrNO3.2C8H17.Sn/c2*11-7-1-3-8(4-2-7)12-9(13)5-6-10(14)15;2*1-3-5-7-8-6-4-2;/h2*1-6H,(H,12,13)(H,14,15);2*1,3-8H2,2H3;/q;;;;+2/p-2/b2*6-5+;;;. The fourth-order valence-electron chi connectivity index (χ4n) is 4.86. The number of nitrogens with one attached hydrogen (secondary N) is 2. The molecule has 0 aliphatic rings. The van der Waals surface area contributed by atoms with Crippen molar-refractivity contribution >= 4 is 86.2 Å². The summed E-state index contributed by atoms with van der Waals surface area (Å²) in [6, 6.07) is 14.2. The molecule has 2 rings (SSSR count). The summed E-state index contributed by atoms with van der Waals surface area (Å²) >= 11 is 2.31. The molecule has 8 nitrogen and oxygen atoms in total. The Balaban J connectivity index is 2.18. The monoisotopic (exact) mass is 882 g/mol. The molecule has 11 heteroatoms. The van der Waals surface area contributed by atoms with Gasteiger partial charge in [0.25, 0.3) is 0 Å². The Morgan fingerprint density at radius 3 is 1.26 bits per heavy atom. The summed E-state index contributed by atoms with van der Waals surface area (Å²) < 4.78 is 15.0. The second kappa shape index (κ2) is 23.8. The first-order chi connectivity index (χ1) is 22.6. The third-order valence-corrected chi connectivity index (χ3v) is 18.1. The maximum atomic E-state index is 13.2. The molecule has 0 aliphatic carbocycles. The molecular weight excluding hydrogens is 835 g/mol. The van der Waals surface area contributed by atoms with Crippen molar-refractivity contribution in [2.75, 3.05) is 10.6 Å². The third-order valence-electron chi connectivity index (χ3n) is 7.36. The predicted octanol–water partition coefficient (Wildman–Crippen LogP) is 10.2. The minimum absolute atomic E-state index is 0.478. The van der Waals surface area contributed by atoms with Gasteiger partial charge in [-0.3, -0.25) is 0 Å². The summed E-state index contributed by atoms with van der Waals surface area (Å²) in [5, 5.41) is 5.42. The summed E-state index contributed by atoms with van der Waals surface area (Å²) in [6.07, 6.45) is 16.9. The number of carbonyl (C=O) groups excluding carboxylic acids is 4. The van der Waals surface area contributed by atoms with Gasteiger partial charge in [0.2, 0.25) is 0 Å². The topological polar surface area (TPSA) is 111 Å². The molecule has 2 aromatic rings. The van der Waals surface area contributed by atoms with Crippen LogP contribution < -0.4 is 10.6 Å². The summed E-state index contributed by atoms with van der Waals surface area (Å²) in [5.41, 5.74) is 1.17. The van der Waals surface area contributed by atoms with Gasteiger partial charge in [0.05, 0.1) is 0 Å². The number of unbranched alkanes of at least 4 members (excludes halogenated alkanes) is 10.